The van der Waals surface area contributed by atoms with Crippen molar-refractivity contribution < 1.29 is 23.7 Å². The summed E-state index contributed by atoms with van der Waals surface area (Å²) >= 11 is 0. The second-order valence-corrected chi connectivity index (χ2v) is 4.29. The molecule has 21 heavy (non-hydrogen) atoms. The van der Waals surface area contributed by atoms with E-state index in [1.807, 2.05) is 0 Å². The van der Waals surface area contributed by atoms with E-state index in [9.17, 15) is 13.6 Å². The lowest BCUT2D eigenvalue weighted by Crippen LogP contribution is -2.29. The molecule has 0 aliphatic carbocycles. The SMILES string of the molecule is Nc1nc(=O)n(C2OC(CO)C(=C/F)/C2=C\F)cc1CO. The van der Waals surface area contributed by atoms with Crippen LogP contribution >= 0.6 is 0 Å². The van der Waals surface area contributed by atoms with E-state index in [4.69, 9.17) is 20.7 Å². The lowest BCUT2D eigenvalue weighted by Gasteiger charge is -2.16. The molecular formula is C12H13F2N3O4. The van der Waals surface area contributed by atoms with Gasteiger partial charge in [0.15, 0.2) is 6.23 Å². The Morgan fingerprint density at radius 1 is 1.38 bits per heavy atom. The molecule has 1 fully saturated rings. The average molecular weight is 301 g/mol. The molecule has 2 heterocycles. The minimum absolute atomic E-state index is 0.0904. The van der Waals surface area contributed by atoms with Crippen molar-refractivity contribution in [2.75, 3.05) is 12.3 Å². The van der Waals surface area contributed by atoms with Gasteiger partial charge in [0, 0.05) is 22.9 Å². The molecule has 7 nitrogen and oxygen atoms in total. The first-order valence-electron chi connectivity index (χ1n) is 5.93. The van der Waals surface area contributed by atoms with Crippen LogP contribution in [0.5, 0.6) is 0 Å². The lowest BCUT2D eigenvalue weighted by molar-refractivity contribution is -0.00879. The van der Waals surface area contributed by atoms with E-state index in [1.165, 1.54) is 0 Å². The molecule has 0 amide bonds. The monoisotopic (exact) mass is 301 g/mol. The van der Waals surface area contributed by atoms with E-state index in [2.05, 4.69) is 4.98 Å². The van der Waals surface area contributed by atoms with Crippen molar-refractivity contribution in [3.63, 3.8) is 0 Å². The summed E-state index contributed by atoms with van der Waals surface area (Å²) in [6.45, 7) is -1.08. The van der Waals surface area contributed by atoms with Gasteiger partial charge in [-0.1, -0.05) is 0 Å². The van der Waals surface area contributed by atoms with Crippen LogP contribution in [0.2, 0.25) is 0 Å². The highest BCUT2D eigenvalue weighted by molar-refractivity contribution is 5.40. The maximum absolute atomic E-state index is 13.0. The third-order valence-corrected chi connectivity index (χ3v) is 3.12. The highest BCUT2D eigenvalue weighted by atomic mass is 19.1. The molecule has 2 unspecified atom stereocenters. The Bertz CT molecular complexity index is 656. The summed E-state index contributed by atoms with van der Waals surface area (Å²) in [5.41, 5.74) is 4.26. The average Bonchev–Trinajstić information content (AvgIpc) is 2.84. The summed E-state index contributed by atoms with van der Waals surface area (Å²) in [6, 6.07) is 0. The molecule has 1 saturated heterocycles. The number of nitrogens with zero attached hydrogens (tertiary/aromatic N) is 2. The number of aliphatic hydroxyl groups excluding tert-OH is 2. The fourth-order valence-corrected chi connectivity index (χ4v) is 2.05. The molecule has 114 valence electrons. The van der Waals surface area contributed by atoms with Gasteiger partial charge in [0.2, 0.25) is 0 Å². The smallest absolute Gasteiger partial charge is 0.351 e. The van der Waals surface area contributed by atoms with Crippen molar-refractivity contribution in [1.29, 1.82) is 0 Å². The Balaban J connectivity index is 2.54. The number of ether oxygens (including phenoxy) is 1. The van der Waals surface area contributed by atoms with E-state index in [0.717, 1.165) is 10.8 Å². The zero-order valence-corrected chi connectivity index (χ0v) is 10.7. The summed E-state index contributed by atoms with van der Waals surface area (Å²) in [5.74, 6) is -0.164. The van der Waals surface area contributed by atoms with Crippen LogP contribution in [0.25, 0.3) is 0 Å². The maximum Gasteiger partial charge on any atom is 0.351 e. The summed E-state index contributed by atoms with van der Waals surface area (Å²) in [7, 11) is 0. The standard InChI is InChI=1S/C12H13F2N3O4/c13-1-7-8(2-14)11(21-9(7)5-19)17-3-6(4-18)10(15)16-12(17)20/h1-3,9,11,18-19H,4-5H2,(H2,15,16,20)/b7-1+,8-2+. The number of hydrogen-bond acceptors (Lipinski definition) is 6. The molecule has 0 spiro atoms. The van der Waals surface area contributed by atoms with E-state index in [1.54, 1.807) is 0 Å². The molecule has 0 aromatic carbocycles. The van der Waals surface area contributed by atoms with Crippen LogP contribution in [-0.4, -0.2) is 32.5 Å². The van der Waals surface area contributed by atoms with Crippen molar-refractivity contribution >= 4 is 5.82 Å². The van der Waals surface area contributed by atoms with Gasteiger partial charge in [-0.25, -0.2) is 13.6 Å². The van der Waals surface area contributed by atoms with E-state index in [-0.39, 0.29) is 35.2 Å². The van der Waals surface area contributed by atoms with Crippen LogP contribution in [0.1, 0.15) is 11.8 Å². The normalized spacial score (nSPS) is 25.9. The van der Waals surface area contributed by atoms with Crippen LogP contribution in [0.15, 0.2) is 34.8 Å². The van der Waals surface area contributed by atoms with Gasteiger partial charge >= 0.3 is 5.69 Å². The second kappa shape index (κ2) is 6.12. The molecule has 9 heteroatoms. The second-order valence-electron chi connectivity index (χ2n) is 4.29. The van der Waals surface area contributed by atoms with Crippen molar-refractivity contribution in [3.8, 4) is 0 Å². The van der Waals surface area contributed by atoms with Gasteiger partial charge in [-0.3, -0.25) is 4.57 Å². The maximum atomic E-state index is 13.0. The van der Waals surface area contributed by atoms with Gasteiger partial charge in [0.1, 0.15) is 11.9 Å². The molecule has 2 atom stereocenters. The molecule has 4 N–H and O–H groups in total. The number of anilines is 1. The van der Waals surface area contributed by atoms with Crippen molar-refractivity contribution in [2.24, 2.45) is 0 Å². The fourth-order valence-electron chi connectivity index (χ4n) is 2.05. The zero-order valence-electron chi connectivity index (χ0n) is 10.7. The largest absolute Gasteiger partial charge is 0.393 e. The minimum atomic E-state index is -1.31. The van der Waals surface area contributed by atoms with Crippen LogP contribution in [-0.2, 0) is 11.3 Å². The Morgan fingerprint density at radius 2 is 2.05 bits per heavy atom. The van der Waals surface area contributed by atoms with Crippen LogP contribution in [0, 0.1) is 0 Å². The van der Waals surface area contributed by atoms with E-state index >= 15 is 0 Å². The number of aliphatic hydroxyl groups is 2. The molecule has 0 radical (unpaired) electrons. The van der Waals surface area contributed by atoms with Gasteiger partial charge in [0.05, 0.1) is 25.9 Å². The van der Waals surface area contributed by atoms with Crippen LogP contribution in [0.3, 0.4) is 0 Å². The predicted molar refractivity (Wildman–Crippen MR) is 68.2 cm³/mol. The van der Waals surface area contributed by atoms with Gasteiger partial charge < -0.3 is 20.7 Å². The zero-order chi connectivity index (χ0) is 15.6. The van der Waals surface area contributed by atoms with Gasteiger partial charge in [-0.2, -0.15) is 4.98 Å². The number of halogens is 2. The molecule has 1 aromatic heterocycles. The highest BCUT2D eigenvalue weighted by Gasteiger charge is 2.37. The molecule has 1 aliphatic heterocycles. The number of aromatic nitrogens is 2. The van der Waals surface area contributed by atoms with Crippen LogP contribution in [0.4, 0.5) is 14.6 Å². The first kappa shape index (κ1) is 15.3. The molecule has 2 rings (SSSR count). The minimum Gasteiger partial charge on any atom is -0.393 e. The third-order valence-electron chi connectivity index (χ3n) is 3.12. The van der Waals surface area contributed by atoms with Crippen molar-refractivity contribution in [1.82, 2.24) is 9.55 Å². The Hall–Kier alpha value is -2.10. The summed E-state index contributed by atoms with van der Waals surface area (Å²) < 4.78 is 32.0. The van der Waals surface area contributed by atoms with Crippen molar-refractivity contribution in [3.05, 3.63) is 46.1 Å². The van der Waals surface area contributed by atoms with Crippen molar-refractivity contribution in [2.45, 2.75) is 18.9 Å². The van der Waals surface area contributed by atoms with E-state index in [0.29, 0.717) is 0 Å². The Kier molecular flexibility index (Phi) is 4.46. The molecule has 0 bridgehead atoms. The van der Waals surface area contributed by atoms with Gasteiger partial charge in [-0.05, 0) is 0 Å². The fraction of sp³-hybridized carbons (Fsp3) is 0.333. The lowest BCUT2D eigenvalue weighted by atomic mass is 10.1. The first-order chi connectivity index (χ1) is 10.1. The first-order valence-corrected chi connectivity index (χ1v) is 5.93. The highest BCUT2D eigenvalue weighted by Crippen LogP contribution is 2.38. The molecule has 1 aromatic rings. The molecule has 1 aliphatic rings. The summed E-state index contributed by atoms with van der Waals surface area (Å²) in [6.07, 6.45) is -1.07. The third kappa shape index (κ3) is 2.58. The number of rotatable bonds is 3. The number of hydrogen-bond donors (Lipinski definition) is 3. The summed E-state index contributed by atoms with van der Waals surface area (Å²) in [5, 5.41) is 18.2. The number of nitrogen functional groups attached to an aromatic ring is 1. The number of nitrogens with two attached hydrogens (primary N) is 1. The molecule has 0 saturated carbocycles. The Morgan fingerprint density at radius 3 is 2.57 bits per heavy atom. The molecular weight excluding hydrogens is 288 g/mol. The summed E-state index contributed by atoms with van der Waals surface area (Å²) in [4.78, 5) is 15.3. The van der Waals surface area contributed by atoms with E-state index < -0.39 is 31.2 Å². The predicted octanol–water partition coefficient (Wildman–Crippen LogP) is -0.0857. The topological polar surface area (TPSA) is 111 Å². The van der Waals surface area contributed by atoms with Crippen LogP contribution < -0.4 is 11.4 Å². The van der Waals surface area contributed by atoms with Gasteiger partial charge in [-0.15, -0.1) is 0 Å². The van der Waals surface area contributed by atoms with Gasteiger partial charge in [0.25, 0.3) is 0 Å². The Labute approximate surface area is 117 Å². The quantitative estimate of drug-likeness (QED) is 0.720.